The van der Waals surface area contributed by atoms with Crippen LogP contribution in [0.5, 0.6) is 0 Å². The number of benzene rings is 2. The summed E-state index contributed by atoms with van der Waals surface area (Å²) < 4.78 is 3.24. The van der Waals surface area contributed by atoms with Crippen LogP contribution in [0.3, 0.4) is 0 Å². The highest BCUT2D eigenvalue weighted by atomic mass is 79.9. The van der Waals surface area contributed by atoms with Gasteiger partial charge in [0.15, 0.2) is 0 Å². The van der Waals surface area contributed by atoms with Crippen LogP contribution in [0.1, 0.15) is 11.4 Å². The first kappa shape index (κ1) is 13.2. The number of halogens is 1. The normalized spacial score (nSPS) is 10.9. The van der Waals surface area contributed by atoms with Gasteiger partial charge in [-0.1, -0.05) is 24.3 Å². The fraction of sp³-hybridized carbons (Fsp3) is 0.188. The molecule has 0 amide bonds. The smallest absolute Gasteiger partial charge is 0.128 e. The molecule has 0 bridgehead atoms. The van der Waals surface area contributed by atoms with E-state index in [4.69, 9.17) is 0 Å². The highest BCUT2D eigenvalue weighted by Gasteiger charge is 2.08. The van der Waals surface area contributed by atoms with Crippen molar-refractivity contribution in [3.63, 3.8) is 0 Å². The molecular weight excluding hydrogens is 314 g/mol. The Hall–Kier alpha value is -1.81. The van der Waals surface area contributed by atoms with Crippen LogP contribution in [-0.2, 0) is 13.6 Å². The van der Waals surface area contributed by atoms with Gasteiger partial charge in [-0.15, -0.1) is 0 Å². The minimum atomic E-state index is 0.702. The predicted molar refractivity (Wildman–Crippen MR) is 86.9 cm³/mol. The summed E-state index contributed by atoms with van der Waals surface area (Å²) in [7, 11) is 2.05. The zero-order valence-corrected chi connectivity index (χ0v) is 13.1. The molecule has 0 atom stereocenters. The number of hydrogen-bond acceptors (Lipinski definition) is 2. The second-order valence-electron chi connectivity index (χ2n) is 4.87. The number of imidazole rings is 1. The van der Waals surface area contributed by atoms with Gasteiger partial charge in [0.25, 0.3) is 0 Å². The van der Waals surface area contributed by atoms with Crippen LogP contribution in [0.2, 0.25) is 0 Å². The summed E-state index contributed by atoms with van der Waals surface area (Å²) in [4.78, 5) is 4.66. The van der Waals surface area contributed by atoms with E-state index < -0.39 is 0 Å². The molecule has 1 aromatic heterocycles. The van der Waals surface area contributed by atoms with Crippen molar-refractivity contribution in [2.75, 3.05) is 5.32 Å². The molecule has 102 valence electrons. The van der Waals surface area contributed by atoms with Crippen LogP contribution in [-0.4, -0.2) is 9.55 Å². The fourth-order valence-electron chi connectivity index (χ4n) is 2.31. The summed E-state index contributed by atoms with van der Waals surface area (Å²) in [5.74, 6) is 1.03. The molecule has 1 heterocycles. The van der Waals surface area contributed by atoms with E-state index in [-0.39, 0.29) is 0 Å². The van der Waals surface area contributed by atoms with E-state index in [9.17, 15) is 0 Å². The van der Waals surface area contributed by atoms with Gasteiger partial charge in [-0.3, -0.25) is 0 Å². The predicted octanol–water partition coefficient (Wildman–Crippen LogP) is 4.26. The van der Waals surface area contributed by atoms with E-state index in [0.717, 1.165) is 27.0 Å². The van der Waals surface area contributed by atoms with Gasteiger partial charge in [-0.25, -0.2) is 4.98 Å². The largest absolute Gasteiger partial charge is 0.377 e. The highest BCUT2D eigenvalue weighted by molar-refractivity contribution is 9.10. The van der Waals surface area contributed by atoms with Gasteiger partial charge in [0.2, 0.25) is 0 Å². The lowest BCUT2D eigenvalue weighted by Gasteiger charge is -2.10. The number of aromatic nitrogens is 2. The lowest BCUT2D eigenvalue weighted by molar-refractivity contribution is 0.834. The summed E-state index contributed by atoms with van der Waals surface area (Å²) in [6, 6.07) is 14.4. The van der Waals surface area contributed by atoms with Gasteiger partial charge in [0, 0.05) is 17.2 Å². The molecule has 0 radical (unpaired) electrons. The summed E-state index contributed by atoms with van der Waals surface area (Å²) in [5.41, 5.74) is 4.51. The summed E-state index contributed by atoms with van der Waals surface area (Å²) in [5, 5.41) is 3.44. The maximum absolute atomic E-state index is 4.66. The first-order chi connectivity index (χ1) is 9.66. The van der Waals surface area contributed by atoms with Gasteiger partial charge in [0.1, 0.15) is 5.82 Å². The Morgan fingerprint density at radius 3 is 2.75 bits per heavy atom. The zero-order valence-electron chi connectivity index (χ0n) is 11.5. The second-order valence-corrected chi connectivity index (χ2v) is 5.66. The van der Waals surface area contributed by atoms with Crippen LogP contribution in [0.25, 0.3) is 11.0 Å². The van der Waals surface area contributed by atoms with E-state index in [1.165, 1.54) is 5.56 Å². The van der Waals surface area contributed by atoms with Crippen molar-refractivity contribution in [1.29, 1.82) is 0 Å². The Bertz CT molecular complexity index is 762. The first-order valence-corrected chi connectivity index (χ1v) is 7.35. The molecule has 0 aliphatic rings. The average molecular weight is 330 g/mol. The minimum absolute atomic E-state index is 0.702. The SMILES string of the molecule is Cc1cccc(NCc2nc3ccccc3n2C)c1Br. The summed E-state index contributed by atoms with van der Waals surface area (Å²) in [6.07, 6.45) is 0. The van der Waals surface area contributed by atoms with Crippen LogP contribution in [0.15, 0.2) is 46.9 Å². The molecule has 0 aliphatic heterocycles. The summed E-state index contributed by atoms with van der Waals surface area (Å²) in [6.45, 7) is 2.79. The molecule has 3 nitrogen and oxygen atoms in total. The third kappa shape index (κ3) is 2.31. The van der Waals surface area contributed by atoms with E-state index in [1.807, 2.05) is 18.2 Å². The maximum atomic E-state index is 4.66. The van der Waals surface area contributed by atoms with Crippen LogP contribution in [0.4, 0.5) is 5.69 Å². The Labute approximate surface area is 126 Å². The standard InChI is InChI=1S/C16H16BrN3/c1-11-6-5-8-13(16(11)17)18-10-15-19-12-7-3-4-9-14(12)20(15)2/h3-9,18H,10H2,1-2H3. The molecule has 0 unspecified atom stereocenters. The number of nitrogens with zero attached hydrogens (tertiary/aromatic N) is 2. The van der Waals surface area contributed by atoms with Crippen molar-refractivity contribution in [1.82, 2.24) is 9.55 Å². The van der Waals surface area contributed by atoms with E-state index >= 15 is 0 Å². The van der Waals surface area contributed by atoms with Crippen molar-refractivity contribution >= 4 is 32.7 Å². The number of rotatable bonds is 3. The molecule has 3 rings (SSSR count). The van der Waals surface area contributed by atoms with Crippen molar-refractivity contribution in [3.05, 3.63) is 58.3 Å². The number of anilines is 1. The van der Waals surface area contributed by atoms with E-state index in [1.54, 1.807) is 0 Å². The highest BCUT2D eigenvalue weighted by Crippen LogP contribution is 2.26. The van der Waals surface area contributed by atoms with Gasteiger partial charge in [0.05, 0.1) is 17.6 Å². The molecule has 0 fully saturated rings. The molecule has 0 spiro atoms. The average Bonchev–Trinajstić information content (AvgIpc) is 2.78. The third-order valence-electron chi connectivity index (χ3n) is 3.51. The maximum Gasteiger partial charge on any atom is 0.128 e. The molecule has 0 saturated carbocycles. The molecule has 3 aromatic rings. The molecule has 1 N–H and O–H groups in total. The molecule has 0 saturated heterocycles. The van der Waals surface area contributed by atoms with Crippen molar-refractivity contribution in [3.8, 4) is 0 Å². The topological polar surface area (TPSA) is 29.9 Å². The molecule has 4 heteroatoms. The van der Waals surface area contributed by atoms with Crippen molar-refractivity contribution < 1.29 is 0 Å². The molecule has 0 aliphatic carbocycles. The molecule has 20 heavy (non-hydrogen) atoms. The van der Waals surface area contributed by atoms with Crippen LogP contribution >= 0.6 is 15.9 Å². The zero-order chi connectivity index (χ0) is 14.1. The Kier molecular flexibility index (Phi) is 3.49. The molecule has 2 aromatic carbocycles. The lowest BCUT2D eigenvalue weighted by Crippen LogP contribution is -2.06. The van der Waals surface area contributed by atoms with Gasteiger partial charge >= 0.3 is 0 Å². The Morgan fingerprint density at radius 1 is 1.15 bits per heavy atom. The number of hydrogen-bond donors (Lipinski definition) is 1. The van der Waals surface area contributed by atoms with E-state index in [2.05, 4.69) is 69.0 Å². The van der Waals surface area contributed by atoms with E-state index in [0.29, 0.717) is 6.54 Å². The van der Waals surface area contributed by atoms with Crippen LogP contribution < -0.4 is 5.32 Å². The van der Waals surface area contributed by atoms with Crippen molar-refractivity contribution in [2.45, 2.75) is 13.5 Å². The monoisotopic (exact) mass is 329 g/mol. The molecular formula is C16H16BrN3. The number of aryl methyl sites for hydroxylation is 2. The number of nitrogens with one attached hydrogen (secondary N) is 1. The van der Waals surface area contributed by atoms with Gasteiger partial charge < -0.3 is 9.88 Å². The number of para-hydroxylation sites is 2. The summed E-state index contributed by atoms with van der Waals surface area (Å²) >= 11 is 3.62. The first-order valence-electron chi connectivity index (χ1n) is 6.56. The van der Waals surface area contributed by atoms with Gasteiger partial charge in [-0.05, 0) is 46.6 Å². The fourth-order valence-corrected chi connectivity index (χ4v) is 2.72. The van der Waals surface area contributed by atoms with Crippen molar-refractivity contribution in [2.24, 2.45) is 7.05 Å². The van der Waals surface area contributed by atoms with Gasteiger partial charge in [-0.2, -0.15) is 0 Å². The Morgan fingerprint density at radius 2 is 1.95 bits per heavy atom. The second kappa shape index (κ2) is 5.29. The lowest BCUT2D eigenvalue weighted by atomic mass is 10.2. The number of fused-ring (bicyclic) bond motifs is 1. The third-order valence-corrected chi connectivity index (χ3v) is 4.56. The quantitative estimate of drug-likeness (QED) is 0.778. The van der Waals surface area contributed by atoms with Crippen LogP contribution in [0, 0.1) is 6.92 Å². The minimum Gasteiger partial charge on any atom is -0.377 e. The Balaban J connectivity index is 1.87.